The van der Waals surface area contributed by atoms with Crippen LogP contribution >= 0.6 is 0 Å². The zero-order valence-electron chi connectivity index (χ0n) is 16.9. The van der Waals surface area contributed by atoms with E-state index in [0.29, 0.717) is 0 Å². The molecule has 0 aromatic rings. The summed E-state index contributed by atoms with van der Waals surface area (Å²) in [6.45, 7) is 13.8. The predicted octanol–water partition coefficient (Wildman–Crippen LogP) is 6.04. The fraction of sp³-hybridized carbons (Fsp3) is 0.522. The topological polar surface area (TPSA) is 29.1 Å². The summed E-state index contributed by atoms with van der Waals surface area (Å²) in [5, 5.41) is 2.85. The molecule has 1 aliphatic rings. The molecule has 2 nitrogen and oxygen atoms in total. The number of rotatable bonds is 7. The van der Waals surface area contributed by atoms with Crippen LogP contribution in [0.25, 0.3) is 0 Å². The van der Waals surface area contributed by atoms with E-state index in [9.17, 15) is 4.79 Å². The number of nitrogens with one attached hydrogen (secondary N) is 1. The Morgan fingerprint density at radius 2 is 1.92 bits per heavy atom. The highest BCUT2D eigenvalue weighted by molar-refractivity contribution is 5.88. The van der Waals surface area contributed by atoms with Crippen molar-refractivity contribution in [2.45, 2.75) is 67.2 Å². The zero-order valence-corrected chi connectivity index (χ0v) is 16.9. The number of allylic oxidation sites excluding steroid dienone is 9. The maximum absolute atomic E-state index is 11.6. The van der Waals surface area contributed by atoms with Crippen molar-refractivity contribution in [3.63, 3.8) is 0 Å². The molecule has 0 aliphatic heterocycles. The molecule has 0 saturated carbocycles. The average molecular weight is 342 g/mol. The van der Waals surface area contributed by atoms with Crippen LogP contribution < -0.4 is 5.32 Å². The summed E-state index contributed by atoms with van der Waals surface area (Å²) in [6, 6.07) is 0. The molecule has 1 amide bonds. The van der Waals surface area contributed by atoms with Crippen LogP contribution in [0.3, 0.4) is 0 Å². The Bertz CT molecular complexity index is 612. The molecule has 0 aromatic heterocycles. The monoisotopic (exact) mass is 341 g/mol. The largest absolute Gasteiger partial charge is 0.353 e. The van der Waals surface area contributed by atoms with Gasteiger partial charge >= 0.3 is 0 Å². The molecule has 1 N–H and O–H groups in total. The molecule has 0 heterocycles. The lowest BCUT2D eigenvalue weighted by Crippen LogP contribution is -2.21. The van der Waals surface area contributed by atoms with E-state index in [0.717, 1.165) is 18.5 Å². The average Bonchev–Trinajstić information content (AvgIpc) is 2.51. The first kappa shape index (κ1) is 21.2. The number of carbonyl (C=O) groups excluding carboxylic acids is 1. The van der Waals surface area contributed by atoms with Crippen LogP contribution in [0, 0.1) is 5.41 Å². The lowest BCUT2D eigenvalue weighted by Gasteiger charge is -2.32. The lowest BCUT2D eigenvalue weighted by atomic mass is 9.72. The third-order valence-electron chi connectivity index (χ3n) is 4.68. The molecule has 138 valence electrons. The molecule has 0 fully saturated rings. The second-order valence-corrected chi connectivity index (χ2v) is 7.71. The quantitative estimate of drug-likeness (QED) is 0.443. The van der Waals surface area contributed by atoms with Crippen LogP contribution in [-0.4, -0.2) is 12.5 Å². The Kier molecular flexibility index (Phi) is 8.68. The molecule has 25 heavy (non-hydrogen) atoms. The van der Waals surface area contributed by atoms with Crippen molar-refractivity contribution < 1.29 is 4.79 Å². The highest BCUT2D eigenvalue weighted by Crippen LogP contribution is 2.40. The van der Waals surface area contributed by atoms with Gasteiger partial charge in [0.05, 0.1) is 0 Å². The van der Waals surface area contributed by atoms with Gasteiger partial charge in [-0.15, -0.1) is 0 Å². The highest BCUT2D eigenvalue weighted by Gasteiger charge is 2.26. The van der Waals surface area contributed by atoms with Gasteiger partial charge in [0.1, 0.15) is 0 Å². The first-order chi connectivity index (χ1) is 11.8. The van der Waals surface area contributed by atoms with Crippen molar-refractivity contribution in [3.8, 4) is 0 Å². The number of hydrogen-bond acceptors (Lipinski definition) is 1. The van der Waals surface area contributed by atoms with Gasteiger partial charge in [-0.05, 0) is 63.0 Å². The maximum atomic E-state index is 11.6. The van der Waals surface area contributed by atoms with Gasteiger partial charge in [-0.2, -0.15) is 0 Å². The summed E-state index contributed by atoms with van der Waals surface area (Å²) in [5.74, 6) is -0.0217. The second kappa shape index (κ2) is 10.2. The van der Waals surface area contributed by atoms with E-state index in [-0.39, 0.29) is 11.3 Å². The maximum Gasteiger partial charge on any atom is 0.244 e. The smallest absolute Gasteiger partial charge is 0.244 e. The summed E-state index contributed by atoms with van der Waals surface area (Å²) in [5.41, 5.74) is 5.45. The van der Waals surface area contributed by atoms with Crippen molar-refractivity contribution in [3.05, 3.63) is 58.7 Å². The van der Waals surface area contributed by atoms with E-state index < -0.39 is 0 Å². The molecule has 0 bridgehead atoms. The minimum atomic E-state index is -0.0217. The normalized spacial score (nSPS) is 19.1. The molecule has 1 rings (SSSR count). The minimum Gasteiger partial charge on any atom is -0.353 e. The van der Waals surface area contributed by atoms with Crippen LogP contribution in [0.4, 0.5) is 0 Å². The Morgan fingerprint density at radius 3 is 2.56 bits per heavy atom. The van der Waals surface area contributed by atoms with Crippen LogP contribution in [0.1, 0.15) is 67.2 Å². The summed E-state index contributed by atoms with van der Waals surface area (Å²) in [7, 11) is 0. The molecule has 2 heteroatoms. The Balaban J connectivity index is 2.69. The fourth-order valence-corrected chi connectivity index (χ4v) is 3.19. The van der Waals surface area contributed by atoms with Crippen molar-refractivity contribution in [2.75, 3.05) is 6.54 Å². The van der Waals surface area contributed by atoms with Crippen LogP contribution in [0.2, 0.25) is 0 Å². The Morgan fingerprint density at radius 1 is 1.20 bits per heavy atom. The zero-order chi connectivity index (χ0) is 18.9. The van der Waals surface area contributed by atoms with E-state index in [1.165, 1.54) is 36.0 Å². The first-order valence-corrected chi connectivity index (χ1v) is 9.45. The minimum absolute atomic E-state index is 0.0217. The summed E-state index contributed by atoms with van der Waals surface area (Å²) in [4.78, 5) is 11.6. The summed E-state index contributed by atoms with van der Waals surface area (Å²) >= 11 is 0. The standard InChI is InChI=1S/C23H35NO/c1-7-16-24-22(25)17-19(3)11-8-10-18(2)13-14-21-20(4)12-9-15-23(21,5)6/h8,10-11,13-14,17H,7,9,12,15-16H2,1-6H3,(H,24,25)/b11-8+,14-13+,18-10-,19-17+. The Labute approximate surface area is 154 Å². The van der Waals surface area contributed by atoms with E-state index in [4.69, 9.17) is 0 Å². The van der Waals surface area contributed by atoms with Crippen LogP contribution in [-0.2, 0) is 4.79 Å². The van der Waals surface area contributed by atoms with Gasteiger partial charge in [-0.3, -0.25) is 4.79 Å². The van der Waals surface area contributed by atoms with Gasteiger partial charge in [-0.25, -0.2) is 0 Å². The van der Waals surface area contributed by atoms with Gasteiger partial charge in [0, 0.05) is 12.6 Å². The molecule has 0 unspecified atom stereocenters. The van der Waals surface area contributed by atoms with E-state index >= 15 is 0 Å². The fourth-order valence-electron chi connectivity index (χ4n) is 3.19. The van der Waals surface area contributed by atoms with Crippen molar-refractivity contribution in [1.82, 2.24) is 5.32 Å². The van der Waals surface area contributed by atoms with Crippen molar-refractivity contribution in [2.24, 2.45) is 5.41 Å². The van der Waals surface area contributed by atoms with Gasteiger partial charge in [0.15, 0.2) is 0 Å². The molecule has 0 radical (unpaired) electrons. The summed E-state index contributed by atoms with van der Waals surface area (Å²) < 4.78 is 0. The molecule has 1 aliphatic carbocycles. The lowest BCUT2D eigenvalue weighted by molar-refractivity contribution is -0.116. The Hall–Kier alpha value is -1.83. The van der Waals surface area contributed by atoms with Crippen LogP contribution in [0.15, 0.2) is 58.7 Å². The van der Waals surface area contributed by atoms with E-state index in [1.807, 2.05) is 26.0 Å². The van der Waals surface area contributed by atoms with Crippen LogP contribution in [0.5, 0.6) is 0 Å². The van der Waals surface area contributed by atoms with E-state index in [1.54, 1.807) is 6.08 Å². The third-order valence-corrected chi connectivity index (χ3v) is 4.68. The second-order valence-electron chi connectivity index (χ2n) is 7.71. The molecule has 0 spiro atoms. The highest BCUT2D eigenvalue weighted by atomic mass is 16.1. The van der Waals surface area contributed by atoms with E-state index in [2.05, 4.69) is 51.2 Å². The molecule has 0 saturated heterocycles. The molecular formula is C23H35NO. The molecular weight excluding hydrogens is 306 g/mol. The third kappa shape index (κ3) is 7.72. The molecule has 0 aromatic carbocycles. The van der Waals surface area contributed by atoms with Gasteiger partial charge in [0.25, 0.3) is 0 Å². The van der Waals surface area contributed by atoms with Crippen molar-refractivity contribution in [1.29, 1.82) is 0 Å². The SMILES string of the molecule is CCCNC(=O)/C=C(C)/C=C/C=C(C)\C=C\C1=C(C)CCCC1(C)C. The van der Waals surface area contributed by atoms with Gasteiger partial charge in [-0.1, -0.05) is 62.3 Å². The number of amides is 1. The molecule has 0 atom stereocenters. The number of hydrogen-bond donors (Lipinski definition) is 1. The summed E-state index contributed by atoms with van der Waals surface area (Å²) in [6.07, 6.45) is 16.9. The first-order valence-electron chi connectivity index (χ1n) is 9.45. The van der Waals surface area contributed by atoms with Gasteiger partial charge in [0.2, 0.25) is 5.91 Å². The number of carbonyl (C=O) groups is 1. The van der Waals surface area contributed by atoms with Gasteiger partial charge < -0.3 is 5.32 Å². The predicted molar refractivity (Wildman–Crippen MR) is 109 cm³/mol. The van der Waals surface area contributed by atoms with Crippen molar-refractivity contribution >= 4 is 5.91 Å².